The molecule has 2 aromatic carbocycles. The Kier molecular flexibility index (Phi) is 8.75. The monoisotopic (exact) mass is 516 g/mol. The summed E-state index contributed by atoms with van der Waals surface area (Å²) in [4.78, 5) is 36.5. The lowest BCUT2D eigenvalue weighted by atomic mass is 9.74. The number of hydrogen-bond acceptors (Lipinski definition) is 7. The van der Waals surface area contributed by atoms with E-state index in [4.69, 9.17) is 4.84 Å². The maximum Gasteiger partial charge on any atom is 0.475 e. The molecular formula is C28H33BN4O5. The number of pyridine rings is 1. The molecule has 2 amide bonds. The minimum atomic E-state index is -1.71. The number of nitrogens with one attached hydrogen (secondary N) is 2. The molecule has 0 radical (unpaired) electrons. The molecule has 38 heavy (non-hydrogen) atoms. The Bertz CT molecular complexity index is 1300. The topological polar surface area (TPSA) is 133 Å². The lowest BCUT2D eigenvalue weighted by Crippen LogP contribution is -2.55. The molecule has 0 aliphatic carbocycles. The summed E-state index contributed by atoms with van der Waals surface area (Å²) in [5.41, 5.74) is 0.515. The van der Waals surface area contributed by atoms with E-state index in [1.807, 2.05) is 74.5 Å². The highest BCUT2D eigenvalue weighted by Gasteiger charge is 2.47. The van der Waals surface area contributed by atoms with Gasteiger partial charge in [-0.3, -0.25) is 14.6 Å². The van der Waals surface area contributed by atoms with Crippen molar-refractivity contribution in [2.24, 2.45) is 11.1 Å². The van der Waals surface area contributed by atoms with Crippen LogP contribution in [0.4, 0.5) is 0 Å². The summed E-state index contributed by atoms with van der Waals surface area (Å²) < 4.78 is 0. The third kappa shape index (κ3) is 6.57. The Morgan fingerprint density at radius 1 is 1.08 bits per heavy atom. The minimum Gasteiger partial charge on any atom is -0.426 e. The largest absolute Gasteiger partial charge is 0.475 e. The predicted octanol–water partition coefficient (Wildman–Crippen LogP) is 2.66. The fourth-order valence-corrected chi connectivity index (χ4v) is 4.63. The number of aromatic nitrogens is 1. The minimum absolute atomic E-state index is 0.0855. The SMILES string of the molecule is CC(C)C[C@H](NC(=O)C1(CCc2ccccc2)CC(CNC(=O)c2nccc3ccccc23)=NO1)B(O)O. The summed E-state index contributed by atoms with van der Waals surface area (Å²) in [6, 6.07) is 19.1. The molecule has 0 saturated carbocycles. The Balaban J connectivity index is 1.46. The van der Waals surface area contributed by atoms with Crippen LogP contribution in [-0.2, 0) is 16.1 Å². The second-order valence-corrected chi connectivity index (χ2v) is 10.1. The van der Waals surface area contributed by atoms with Crippen LogP contribution in [0.3, 0.4) is 0 Å². The van der Waals surface area contributed by atoms with Crippen LogP contribution in [0.5, 0.6) is 0 Å². The molecule has 0 fully saturated rings. The van der Waals surface area contributed by atoms with Gasteiger partial charge in [-0.05, 0) is 35.8 Å². The van der Waals surface area contributed by atoms with Crippen LogP contribution >= 0.6 is 0 Å². The van der Waals surface area contributed by atoms with Crippen molar-refractivity contribution in [2.45, 2.75) is 51.1 Å². The normalized spacial score (nSPS) is 17.6. The number of amides is 2. The third-order valence-corrected chi connectivity index (χ3v) is 6.66. The van der Waals surface area contributed by atoms with E-state index in [-0.39, 0.29) is 24.8 Å². The maximum atomic E-state index is 13.5. The second kappa shape index (κ2) is 12.2. The molecule has 0 bridgehead atoms. The van der Waals surface area contributed by atoms with E-state index in [0.29, 0.717) is 30.7 Å². The molecule has 1 aliphatic heterocycles. The molecule has 4 rings (SSSR count). The van der Waals surface area contributed by atoms with Crippen LogP contribution in [0, 0.1) is 5.92 Å². The van der Waals surface area contributed by atoms with Crippen molar-refractivity contribution in [1.29, 1.82) is 0 Å². The van der Waals surface area contributed by atoms with E-state index >= 15 is 0 Å². The number of nitrogens with zero attached hydrogens (tertiary/aromatic N) is 2. The average Bonchev–Trinajstić information content (AvgIpc) is 3.35. The molecule has 198 valence electrons. The molecule has 1 unspecified atom stereocenters. The summed E-state index contributed by atoms with van der Waals surface area (Å²) >= 11 is 0. The van der Waals surface area contributed by atoms with Crippen molar-refractivity contribution in [3.05, 3.63) is 78.1 Å². The summed E-state index contributed by atoms with van der Waals surface area (Å²) in [5.74, 6) is -1.53. The zero-order valence-electron chi connectivity index (χ0n) is 21.6. The van der Waals surface area contributed by atoms with Gasteiger partial charge in [0.05, 0.1) is 18.2 Å². The predicted molar refractivity (Wildman–Crippen MR) is 146 cm³/mol. The fraction of sp³-hybridized carbons (Fsp3) is 0.357. The van der Waals surface area contributed by atoms with Crippen LogP contribution < -0.4 is 10.6 Å². The van der Waals surface area contributed by atoms with E-state index in [9.17, 15) is 19.6 Å². The van der Waals surface area contributed by atoms with Gasteiger partial charge in [-0.25, -0.2) is 0 Å². The van der Waals surface area contributed by atoms with Crippen LogP contribution in [0.1, 0.15) is 49.2 Å². The van der Waals surface area contributed by atoms with E-state index in [1.54, 1.807) is 6.20 Å². The Labute approximate surface area is 222 Å². The molecule has 2 atom stereocenters. The summed E-state index contributed by atoms with van der Waals surface area (Å²) in [6.07, 6.45) is 3.02. The molecule has 10 heteroatoms. The first-order valence-corrected chi connectivity index (χ1v) is 12.8. The Morgan fingerprint density at radius 2 is 1.82 bits per heavy atom. The second-order valence-electron chi connectivity index (χ2n) is 10.1. The molecule has 4 N–H and O–H groups in total. The number of rotatable bonds is 11. The summed E-state index contributed by atoms with van der Waals surface area (Å²) in [6.45, 7) is 3.96. The molecule has 9 nitrogen and oxygen atoms in total. The van der Waals surface area contributed by atoms with Gasteiger partial charge < -0.3 is 25.5 Å². The van der Waals surface area contributed by atoms with Gasteiger partial charge in [-0.1, -0.05) is 73.6 Å². The smallest absolute Gasteiger partial charge is 0.426 e. The third-order valence-electron chi connectivity index (χ3n) is 6.66. The standard InChI is InChI=1S/C28H33BN4O5/c1-19(2)16-24(29(36)37)32-27(35)28(14-12-20-8-4-3-5-9-20)17-22(33-38-28)18-31-26(34)25-23-11-7-6-10-21(23)13-15-30-25/h3-11,13,15,19,24,36-37H,12,14,16-18H2,1-2H3,(H,31,34)(H,32,35)/t24-,28?/m0/s1. The van der Waals surface area contributed by atoms with E-state index in [2.05, 4.69) is 20.8 Å². The van der Waals surface area contributed by atoms with Gasteiger partial charge in [0.15, 0.2) is 0 Å². The molecule has 2 heterocycles. The average molecular weight is 516 g/mol. The van der Waals surface area contributed by atoms with Gasteiger partial charge in [0.1, 0.15) is 5.69 Å². The van der Waals surface area contributed by atoms with Crippen molar-refractivity contribution in [3.63, 3.8) is 0 Å². The Morgan fingerprint density at radius 3 is 2.55 bits per heavy atom. The number of aryl methyl sites for hydroxylation is 1. The molecule has 3 aromatic rings. The highest BCUT2D eigenvalue weighted by atomic mass is 16.7. The molecule has 0 spiro atoms. The number of carbonyl (C=O) groups is 2. The van der Waals surface area contributed by atoms with Crippen LogP contribution in [0.25, 0.3) is 10.8 Å². The van der Waals surface area contributed by atoms with Gasteiger partial charge in [-0.15, -0.1) is 0 Å². The van der Waals surface area contributed by atoms with Crippen molar-refractivity contribution in [3.8, 4) is 0 Å². The molecular weight excluding hydrogens is 483 g/mol. The number of fused-ring (bicyclic) bond motifs is 1. The Hall–Kier alpha value is -3.76. The van der Waals surface area contributed by atoms with Crippen molar-refractivity contribution >= 4 is 35.4 Å². The van der Waals surface area contributed by atoms with Gasteiger partial charge in [0.2, 0.25) is 5.60 Å². The van der Waals surface area contributed by atoms with Crippen molar-refractivity contribution in [1.82, 2.24) is 15.6 Å². The van der Waals surface area contributed by atoms with E-state index in [1.165, 1.54) is 0 Å². The lowest BCUT2D eigenvalue weighted by Gasteiger charge is -2.29. The molecule has 0 saturated heterocycles. The number of oxime groups is 1. The molecule has 1 aliphatic rings. The fourth-order valence-electron chi connectivity index (χ4n) is 4.63. The van der Waals surface area contributed by atoms with Crippen molar-refractivity contribution < 1.29 is 24.5 Å². The zero-order valence-corrected chi connectivity index (χ0v) is 21.6. The summed E-state index contributed by atoms with van der Waals surface area (Å²) in [7, 11) is -1.71. The lowest BCUT2D eigenvalue weighted by molar-refractivity contribution is -0.145. The van der Waals surface area contributed by atoms with E-state index < -0.39 is 24.6 Å². The highest BCUT2D eigenvalue weighted by molar-refractivity contribution is 6.43. The van der Waals surface area contributed by atoms with Crippen molar-refractivity contribution in [2.75, 3.05) is 6.54 Å². The van der Waals surface area contributed by atoms with Crippen LogP contribution in [0.2, 0.25) is 0 Å². The van der Waals surface area contributed by atoms with Crippen LogP contribution in [-0.4, -0.2) is 57.8 Å². The van der Waals surface area contributed by atoms with Gasteiger partial charge in [-0.2, -0.15) is 0 Å². The van der Waals surface area contributed by atoms with Crippen LogP contribution in [0.15, 0.2) is 72.0 Å². The first-order valence-electron chi connectivity index (χ1n) is 12.8. The van der Waals surface area contributed by atoms with Gasteiger partial charge in [0, 0.05) is 24.4 Å². The number of carbonyl (C=O) groups excluding carboxylic acids is 2. The van der Waals surface area contributed by atoms with Gasteiger partial charge >= 0.3 is 7.12 Å². The molecule has 1 aromatic heterocycles. The van der Waals surface area contributed by atoms with Gasteiger partial charge in [0.25, 0.3) is 11.8 Å². The zero-order chi connectivity index (χ0) is 27.1. The highest BCUT2D eigenvalue weighted by Crippen LogP contribution is 2.30. The summed E-state index contributed by atoms with van der Waals surface area (Å²) in [5, 5.41) is 31.1. The first kappa shape index (κ1) is 27.3. The first-order chi connectivity index (χ1) is 18.3. The number of hydrogen-bond donors (Lipinski definition) is 4. The van der Waals surface area contributed by atoms with E-state index in [0.717, 1.165) is 16.3 Å². The quantitative estimate of drug-likeness (QED) is 0.290. The number of benzene rings is 2. The maximum absolute atomic E-state index is 13.5.